The second kappa shape index (κ2) is 2.28. The van der Waals surface area contributed by atoms with Gasteiger partial charge in [-0.1, -0.05) is 0 Å². The van der Waals surface area contributed by atoms with E-state index in [9.17, 15) is 4.79 Å². The molecule has 0 fully saturated rings. The molecule has 0 aliphatic carbocycles. The highest BCUT2D eigenvalue weighted by Gasteiger charge is 2.38. The summed E-state index contributed by atoms with van der Waals surface area (Å²) in [5.74, 6) is -1.89. The van der Waals surface area contributed by atoms with Gasteiger partial charge in [-0.2, -0.15) is 0 Å². The molecule has 1 unspecified atom stereocenters. The van der Waals surface area contributed by atoms with Gasteiger partial charge in [0, 0.05) is 0 Å². The van der Waals surface area contributed by atoms with Gasteiger partial charge in [0.2, 0.25) is 6.29 Å². The standard InChI is InChI=1S/C3H7NO5/c4-3(9,1(5)6)2(7)8/h1,5-6,9H,4H2,(H,7,8). The van der Waals surface area contributed by atoms with Crippen LogP contribution in [0.5, 0.6) is 0 Å². The summed E-state index contributed by atoms with van der Waals surface area (Å²) in [5.41, 5.74) is 1.49. The van der Waals surface area contributed by atoms with E-state index in [-0.39, 0.29) is 0 Å². The summed E-state index contributed by atoms with van der Waals surface area (Å²) < 4.78 is 0. The topological polar surface area (TPSA) is 124 Å². The lowest BCUT2D eigenvalue weighted by Crippen LogP contribution is -2.57. The van der Waals surface area contributed by atoms with Crippen LogP contribution in [0.4, 0.5) is 0 Å². The van der Waals surface area contributed by atoms with Crippen molar-refractivity contribution in [2.75, 3.05) is 0 Å². The fourth-order valence-electron chi connectivity index (χ4n) is 0.110. The van der Waals surface area contributed by atoms with Crippen molar-refractivity contribution in [2.24, 2.45) is 5.73 Å². The second-order valence-corrected chi connectivity index (χ2v) is 1.50. The summed E-state index contributed by atoms with van der Waals surface area (Å²) in [6.07, 6.45) is -2.48. The number of rotatable bonds is 2. The maximum absolute atomic E-state index is 9.77. The largest absolute Gasteiger partial charge is 0.478 e. The Morgan fingerprint density at radius 1 is 1.56 bits per heavy atom. The van der Waals surface area contributed by atoms with Crippen LogP contribution in [0.2, 0.25) is 0 Å². The first-order valence-corrected chi connectivity index (χ1v) is 2.00. The predicted octanol–water partition coefficient (Wildman–Crippen LogP) is -2.97. The molecular formula is C3H7NO5. The molecule has 1 atom stereocenters. The first kappa shape index (κ1) is 8.31. The molecule has 0 heterocycles. The zero-order valence-electron chi connectivity index (χ0n) is 4.35. The zero-order valence-corrected chi connectivity index (χ0v) is 4.35. The Bertz CT molecular complexity index is 119. The highest BCUT2D eigenvalue weighted by Crippen LogP contribution is 1.98. The number of hydrogen-bond donors (Lipinski definition) is 5. The summed E-state index contributed by atoms with van der Waals surface area (Å²) in [5, 5.41) is 32.4. The van der Waals surface area contributed by atoms with E-state index >= 15 is 0 Å². The number of carboxylic acids is 1. The lowest BCUT2D eigenvalue weighted by molar-refractivity contribution is -0.205. The van der Waals surface area contributed by atoms with E-state index in [4.69, 9.17) is 20.4 Å². The first-order chi connectivity index (χ1) is 3.89. The van der Waals surface area contributed by atoms with Gasteiger partial charge in [0.15, 0.2) is 0 Å². The maximum atomic E-state index is 9.77. The lowest BCUT2D eigenvalue weighted by Gasteiger charge is -2.18. The van der Waals surface area contributed by atoms with Gasteiger partial charge in [0.1, 0.15) is 0 Å². The molecule has 0 radical (unpaired) electrons. The molecule has 0 bridgehead atoms. The Morgan fingerprint density at radius 2 is 1.89 bits per heavy atom. The van der Waals surface area contributed by atoms with Gasteiger partial charge in [-0.3, -0.25) is 5.73 Å². The number of carboxylic acid groups (broad SMARTS) is 1. The summed E-state index contributed by atoms with van der Waals surface area (Å²) >= 11 is 0. The van der Waals surface area contributed by atoms with Crippen LogP contribution in [-0.2, 0) is 4.79 Å². The summed E-state index contributed by atoms with van der Waals surface area (Å²) in [6, 6.07) is 0. The van der Waals surface area contributed by atoms with E-state index in [1.165, 1.54) is 0 Å². The molecule has 0 spiro atoms. The van der Waals surface area contributed by atoms with E-state index in [0.29, 0.717) is 0 Å². The van der Waals surface area contributed by atoms with Gasteiger partial charge < -0.3 is 20.4 Å². The van der Waals surface area contributed by atoms with Gasteiger partial charge in [-0.05, 0) is 0 Å². The Labute approximate surface area is 50.1 Å². The van der Waals surface area contributed by atoms with Crippen LogP contribution < -0.4 is 5.73 Å². The quantitative estimate of drug-likeness (QED) is 0.259. The zero-order chi connectivity index (χ0) is 7.65. The van der Waals surface area contributed by atoms with Crippen LogP contribution in [0.3, 0.4) is 0 Å². The predicted molar refractivity (Wildman–Crippen MR) is 25.0 cm³/mol. The molecule has 0 aromatic rings. The fourth-order valence-corrected chi connectivity index (χ4v) is 0.110. The molecular weight excluding hydrogens is 130 g/mol. The Kier molecular flexibility index (Phi) is 2.10. The van der Waals surface area contributed by atoms with Crippen LogP contribution >= 0.6 is 0 Å². The van der Waals surface area contributed by atoms with Crippen molar-refractivity contribution in [3.8, 4) is 0 Å². The number of hydrogen-bond acceptors (Lipinski definition) is 5. The smallest absolute Gasteiger partial charge is 0.356 e. The molecule has 0 saturated heterocycles. The lowest BCUT2D eigenvalue weighted by atomic mass is 10.2. The molecule has 0 rings (SSSR count). The maximum Gasteiger partial charge on any atom is 0.356 e. The number of aliphatic carboxylic acids is 1. The van der Waals surface area contributed by atoms with Crippen molar-refractivity contribution in [1.82, 2.24) is 0 Å². The van der Waals surface area contributed by atoms with Crippen molar-refractivity contribution < 1.29 is 25.2 Å². The number of aliphatic hydroxyl groups excluding tert-OH is 1. The van der Waals surface area contributed by atoms with E-state index in [1.54, 1.807) is 0 Å². The molecule has 6 N–H and O–H groups in total. The average Bonchev–Trinajstić information content (AvgIpc) is 1.65. The minimum atomic E-state index is -2.97. The van der Waals surface area contributed by atoms with Gasteiger partial charge in [-0.15, -0.1) is 0 Å². The van der Waals surface area contributed by atoms with E-state index < -0.39 is 18.0 Å². The third kappa shape index (κ3) is 1.61. The second-order valence-electron chi connectivity index (χ2n) is 1.50. The molecule has 0 saturated carbocycles. The van der Waals surface area contributed by atoms with E-state index in [2.05, 4.69) is 5.73 Å². The SMILES string of the molecule is NC(O)(C(=O)O)C(O)O. The van der Waals surface area contributed by atoms with Crippen LogP contribution in [0, 0.1) is 0 Å². The number of aliphatic hydroxyl groups is 3. The van der Waals surface area contributed by atoms with Crippen molar-refractivity contribution in [1.29, 1.82) is 0 Å². The summed E-state index contributed by atoms with van der Waals surface area (Å²) in [6.45, 7) is 0. The molecule has 0 amide bonds. The third-order valence-electron chi connectivity index (χ3n) is 0.736. The highest BCUT2D eigenvalue weighted by molar-refractivity contribution is 5.76. The fraction of sp³-hybridized carbons (Fsp3) is 0.667. The molecule has 6 nitrogen and oxygen atoms in total. The van der Waals surface area contributed by atoms with Crippen LogP contribution in [0.25, 0.3) is 0 Å². The minimum absolute atomic E-state index is 1.89. The monoisotopic (exact) mass is 137 g/mol. The van der Waals surface area contributed by atoms with Crippen LogP contribution in [0.1, 0.15) is 0 Å². The third-order valence-corrected chi connectivity index (χ3v) is 0.736. The Morgan fingerprint density at radius 3 is 1.89 bits per heavy atom. The molecule has 9 heavy (non-hydrogen) atoms. The Hall–Kier alpha value is -0.690. The normalized spacial score (nSPS) is 17.4. The van der Waals surface area contributed by atoms with Crippen LogP contribution in [0.15, 0.2) is 0 Å². The van der Waals surface area contributed by atoms with Gasteiger partial charge in [0.25, 0.3) is 5.72 Å². The van der Waals surface area contributed by atoms with E-state index in [0.717, 1.165) is 0 Å². The number of nitrogens with two attached hydrogens (primary N) is 1. The van der Waals surface area contributed by atoms with Crippen molar-refractivity contribution >= 4 is 5.97 Å². The molecule has 0 aromatic carbocycles. The highest BCUT2D eigenvalue weighted by atomic mass is 16.5. The molecule has 0 aromatic heterocycles. The molecule has 0 aliphatic rings. The summed E-state index contributed by atoms with van der Waals surface area (Å²) in [7, 11) is 0. The Balaban J connectivity index is 4.19. The molecule has 54 valence electrons. The van der Waals surface area contributed by atoms with Gasteiger partial charge in [-0.25, -0.2) is 4.79 Å². The van der Waals surface area contributed by atoms with Crippen molar-refractivity contribution in [3.05, 3.63) is 0 Å². The average molecular weight is 137 g/mol. The van der Waals surface area contributed by atoms with Gasteiger partial charge >= 0.3 is 5.97 Å². The minimum Gasteiger partial charge on any atom is -0.478 e. The van der Waals surface area contributed by atoms with Crippen molar-refractivity contribution in [3.63, 3.8) is 0 Å². The van der Waals surface area contributed by atoms with E-state index in [1.807, 2.05) is 0 Å². The molecule has 6 heteroatoms. The number of carbonyl (C=O) groups is 1. The molecule has 0 aliphatic heterocycles. The van der Waals surface area contributed by atoms with Crippen molar-refractivity contribution in [2.45, 2.75) is 12.0 Å². The first-order valence-electron chi connectivity index (χ1n) is 2.00. The van der Waals surface area contributed by atoms with Gasteiger partial charge in [0.05, 0.1) is 0 Å². The van der Waals surface area contributed by atoms with Crippen LogP contribution in [-0.4, -0.2) is 38.4 Å². The summed E-state index contributed by atoms with van der Waals surface area (Å²) in [4.78, 5) is 9.77.